The van der Waals surface area contributed by atoms with E-state index in [-0.39, 0.29) is 5.91 Å². The van der Waals surface area contributed by atoms with Gasteiger partial charge in [0.25, 0.3) is 5.91 Å². The number of fused-ring (bicyclic) bond motifs is 1. The minimum Gasteiger partial charge on any atom is -0.485 e. The van der Waals surface area contributed by atoms with Gasteiger partial charge in [0, 0.05) is 56.4 Å². The quantitative estimate of drug-likeness (QED) is 0.753. The highest BCUT2D eigenvalue weighted by Gasteiger charge is 2.33. The van der Waals surface area contributed by atoms with Crippen LogP contribution in [-0.2, 0) is 0 Å². The molecule has 1 unspecified atom stereocenters. The van der Waals surface area contributed by atoms with Gasteiger partial charge < -0.3 is 19.3 Å². The third-order valence-corrected chi connectivity index (χ3v) is 7.39. The predicted molar refractivity (Wildman–Crippen MR) is 119 cm³/mol. The van der Waals surface area contributed by atoms with Crippen molar-refractivity contribution < 1.29 is 14.3 Å². The van der Waals surface area contributed by atoms with Gasteiger partial charge in [-0.15, -0.1) is 11.3 Å². The number of aryl methyl sites for hydroxylation is 1. The van der Waals surface area contributed by atoms with Gasteiger partial charge in [-0.1, -0.05) is 18.2 Å². The van der Waals surface area contributed by atoms with E-state index in [9.17, 15) is 4.79 Å². The summed E-state index contributed by atoms with van der Waals surface area (Å²) < 4.78 is 11.3. The summed E-state index contributed by atoms with van der Waals surface area (Å²) in [5.74, 6) is 1.45. The first-order valence-electron chi connectivity index (χ1n) is 10.9. The standard InChI is InChI=1S/C23H29N3O3S/c1-17-5-2-3-7-19(17)25-11-9-24(10-12-25)18-6-4-8-26(15-18)23(27)22-21-20(16-30-22)28-13-14-29-21/h2-3,5,7,16,18H,4,6,8-15H2,1H3. The van der Waals surface area contributed by atoms with Crippen molar-refractivity contribution in [3.05, 3.63) is 40.1 Å². The minimum atomic E-state index is 0.0926. The summed E-state index contributed by atoms with van der Waals surface area (Å²) in [6, 6.07) is 9.07. The van der Waals surface area contributed by atoms with Crippen LogP contribution in [0.25, 0.3) is 0 Å². The first-order chi connectivity index (χ1) is 14.7. The molecule has 0 aliphatic carbocycles. The lowest BCUT2D eigenvalue weighted by molar-refractivity contribution is 0.0561. The molecule has 0 N–H and O–H groups in total. The molecule has 0 saturated carbocycles. The van der Waals surface area contributed by atoms with Gasteiger partial charge in [0.2, 0.25) is 0 Å². The van der Waals surface area contributed by atoms with Gasteiger partial charge in [-0.05, 0) is 31.4 Å². The van der Waals surface area contributed by atoms with Gasteiger partial charge in [0.15, 0.2) is 11.5 Å². The molecule has 1 aromatic carbocycles. The van der Waals surface area contributed by atoms with Gasteiger partial charge in [-0.25, -0.2) is 0 Å². The normalized spacial score (nSPS) is 22.2. The highest BCUT2D eigenvalue weighted by atomic mass is 32.1. The number of ether oxygens (including phenoxy) is 2. The Bertz CT molecular complexity index is 907. The average Bonchev–Trinajstić information content (AvgIpc) is 3.23. The van der Waals surface area contributed by atoms with Crippen LogP contribution in [0.4, 0.5) is 5.69 Å². The summed E-state index contributed by atoms with van der Waals surface area (Å²) in [7, 11) is 0. The third-order valence-electron chi connectivity index (χ3n) is 6.47. The molecule has 3 aliphatic rings. The Hall–Kier alpha value is -2.25. The van der Waals surface area contributed by atoms with Crippen LogP contribution >= 0.6 is 11.3 Å². The summed E-state index contributed by atoms with van der Waals surface area (Å²) in [5.41, 5.74) is 2.69. The zero-order valence-corrected chi connectivity index (χ0v) is 18.3. The molecule has 4 heterocycles. The van der Waals surface area contributed by atoms with E-state index < -0.39 is 0 Å². The smallest absolute Gasteiger partial charge is 0.267 e. The summed E-state index contributed by atoms with van der Waals surface area (Å²) >= 11 is 1.44. The van der Waals surface area contributed by atoms with Crippen molar-refractivity contribution in [2.45, 2.75) is 25.8 Å². The molecule has 2 saturated heterocycles. The van der Waals surface area contributed by atoms with Crippen LogP contribution in [0.5, 0.6) is 11.5 Å². The molecular formula is C23H29N3O3S. The fourth-order valence-corrected chi connectivity index (χ4v) is 5.73. The Balaban J connectivity index is 1.22. The van der Waals surface area contributed by atoms with Crippen LogP contribution in [0.2, 0.25) is 0 Å². The molecule has 1 amide bonds. The van der Waals surface area contributed by atoms with E-state index in [0.717, 1.165) is 57.9 Å². The number of nitrogens with zero attached hydrogens (tertiary/aromatic N) is 3. The monoisotopic (exact) mass is 427 g/mol. The van der Waals surface area contributed by atoms with Crippen molar-refractivity contribution in [2.24, 2.45) is 0 Å². The zero-order valence-electron chi connectivity index (χ0n) is 17.5. The lowest BCUT2D eigenvalue weighted by Gasteiger charge is -2.44. The number of hydrogen-bond acceptors (Lipinski definition) is 6. The second kappa shape index (κ2) is 8.47. The topological polar surface area (TPSA) is 45.2 Å². The Morgan fingerprint density at radius 2 is 1.87 bits per heavy atom. The van der Waals surface area contributed by atoms with Crippen molar-refractivity contribution in [2.75, 3.05) is 57.4 Å². The Morgan fingerprint density at radius 1 is 1.07 bits per heavy atom. The van der Waals surface area contributed by atoms with E-state index in [0.29, 0.717) is 29.9 Å². The first-order valence-corrected chi connectivity index (χ1v) is 11.8. The number of carbonyl (C=O) groups excluding carboxylic acids is 1. The molecule has 1 atom stereocenters. The number of piperazine rings is 1. The van der Waals surface area contributed by atoms with Crippen LogP contribution in [0.15, 0.2) is 29.6 Å². The number of piperidine rings is 1. The van der Waals surface area contributed by atoms with Gasteiger partial charge in [-0.3, -0.25) is 9.69 Å². The van der Waals surface area contributed by atoms with E-state index in [1.54, 1.807) is 0 Å². The number of benzene rings is 1. The molecule has 0 radical (unpaired) electrons. The molecule has 160 valence electrons. The maximum absolute atomic E-state index is 13.2. The Labute approximate surface area is 182 Å². The van der Waals surface area contributed by atoms with Crippen molar-refractivity contribution in [1.29, 1.82) is 0 Å². The van der Waals surface area contributed by atoms with Crippen molar-refractivity contribution >= 4 is 22.9 Å². The molecular weight excluding hydrogens is 398 g/mol. The summed E-state index contributed by atoms with van der Waals surface area (Å²) in [4.78, 5) is 21.0. The zero-order chi connectivity index (χ0) is 20.5. The van der Waals surface area contributed by atoms with Gasteiger partial charge in [0.05, 0.1) is 0 Å². The van der Waals surface area contributed by atoms with Crippen LogP contribution in [0.3, 0.4) is 0 Å². The van der Waals surface area contributed by atoms with E-state index in [1.165, 1.54) is 22.6 Å². The van der Waals surface area contributed by atoms with Crippen LogP contribution in [0, 0.1) is 6.92 Å². The van der Waals surface area contributed by atoms with Gasteiger partial charge in [0.1, 0.15) is 18.1 Å². The van der Waals surface area contributed by atoms with E-state index in [4.69, 9.17) is 9.47 Å². The number of likely N-dealkylation sites (tertiary alicyclic amines) is 1. The highest BCUT2D eigenvalue weighted by Crippen LogP contribution is 2.40. The third kappa shape index (κ3) is 3.76. The lowest BCUT2D eigenvalue weighted by atomic mass is 10.0. The highest BCUT2D eigenvalue weighted by molar-refractivity contribution is 7.12. The van der Waals surface area contributed by atoms with Gasteiger partial charge in [-0.2, -0.15) is 0 Å². The number of amides is 1. The number of anilines is 1. The second-order valence-corrected chi connectivity index (χ2v) is 9.19. The molecule has 6 nitrogen and oxygen atoms in total. The molecule has 0 spiro atoms. The van der Waals surface area contributed by atoms with E-state index in [1.807, 2.05) is 10.3 Å². The average molecular weight is 428 g/mol. The number of thiophene rings is 1. The fourth-order valence-electron chi connectivity index (χ4n) is 4.84. The fraction of sp³-hybridized carbons (Fsp3) is 0.522. The van der Waals surface area contributed by atoms with Crippen LogP contribution in [-0.4, -0.2) is 74.2 Å². The van der Waals surface area contributed by atoms with Gasteiger partial charge >= 0.3 is 0 Å². The number of carbonyl (C=O) groups is 1. The number of para-hydroxylation sites is 1. The Kier molecular flexibility index (Phi) is 5.56. The molecule has 30 heavy (non-hydrogen) atoms. The second-order valence-electron chi connectivity index (χ2n) is 8.31. The molecule has 7 heteroatoms. The van der Waals surface area contributed by atoms with E-state index >= 15 is 0 Å². The summed E-state index contributed by atoms with van der Waals surface area (Å²) in [6.45, 7) is 9.05. The summed E-state index contributed by atoms with van der Waals surface area (Å²) in [6.07, 6.45) is 2.22. The largest absolute Gasteiger partial charge is 0.485 e. The van der Waals surface area contributed by atoms with Crippen LogP contribution in [0.1, 0.15) is 28.1 Å². The predicted octanol–water partition coefficient (Wildman–Crippen LogP) is 3.25. The molecule has 2 aromatic rings. The van der Waals surface area contributed by atoms with Crippen molar-refractivity contribution in [3.63, 3.8) is 0 Å². The minimum absolute atomic E-state index is 0.0926. The molecule has 2 fully saturated rings. The first kappa shape index (κ1) is 19.7. The number of hydrogen-bond donors (Lipinski definition) is 0. The van der Waals surface area contributed by atoms with Crippen molar-refractivity contribution in [3.8, 4) is 11.5 Å². The molecule has 3 aliphatic heterocycles. The SMILES string of the molecule is Cc1ccccc1N1CCN(C2CCCN(C(=O)c3scc4c3OCCO4)C2)CC1. The van der Waals surface area contributed by atoms with E-state index in [2.05, 4.69) is 41.0 Å². The lowest BCUT2D eigenvalue weighted by Crippen LogP contribution is -2.56. The van der Waals surface area contributed by atoms with Crippen LogP contribution < -0.4 is 14.4 Å². The molecule has 0 bridgehead atoms. The maximum atomic E-state index is 13.2. The molecule has 1 aromatic heterocycles. The maximum Gasteiger partial charge on any atom is 0.267 e. The Morgan fingerprint density at radius 3 is 2.70 bits per heavy atom. The summed E-state index contributed by atoms with van der Waals surface area (Å²) in [5, 5.41) is 1.90. The number of rotatable bonds is 3. The molecule has 5 rings (SSSR count). The van der Waals surface area contributed by atoms with Crippen molar-refractivity contribution in [1.82, 2.24) is 9.80 Å².